The lowest BCUT2D eigenvalue weighted by Gasteiger charge is -2.34. The van der Waals surface area contributed by atoms with Gasteiger partial charge in [0.1, 0.15) is 0 Å². The number of nitrogens with one attached hydrogen (secondary N) is 1. The minimum Gasteiger partial charge on any atom is -0.339 e. The standard InChI is InChI=1S/C15H28N4O/c1-12(2)19-9-5-6-13(11-19)10-15-17-14(18-20-15)7-4-8-16-3/h12-13,16H,4-11H2,1-3H3. The van der Waals surface area contributed by atoms with Gasteiger partial charge in [0, 0.05) is 25.4 Å². The Hall–Kier alpha value is -0.940. The van der Waals surface area contributed by atoms with Gasteiger partial charge in [-0.25, -0.2) is 0 Å². The van der Waals surface area contributed by atoms with Crippen molar-refractivity contribution in [1.29, 1.82) is 0 Å². The molecule has 0 saturated carbocycles. The molecule has 1 atom stereocenters. The first-order chi connectivity index (χ1) is 9.69. The van der Waals surface area contributed by atoms with E-state index in [2.05, 4.69) is 34.2 Å². The second-order valence-corrected chi connectivity index (χ2v) is 6.11. The molecule has 5 heteroatoms. The summed E-state index contributed by atoms with van der Waals surface area (Å²) in [5.41, 5.74) is 0. The number of aromatic nitrogens is 2. The molecule has 1 aromatic heterocycles. The van der Waals surface area contributed by atoms with Gasteiger partial charge in [0.25, 0.3) is 0 Å². The molecule has 5 nitrogen and oxygen atoms in total. The number of hydrogen-bond acceptors (Lipinski definition) is 5. The van der Waals surface area contributed by atoms with Crippen LogP contribution in [0.3, 0.4) is 0 Å². The summed E-state index contributed by atoms with van der Waals surface area (Å²) in [4.78, 5) is 7.08. The van der Waals surface area contributed by atoms with E-state index in [0.717, 1.165) is 44.1 Å². The lowest BCUT2D eigenvalue weighted by Crippen LogP contribution is -2.40. The van der Waals surface area contributed by atoms with Crippen molar-refractivity contribution >= 4 is 0 Å². The zero-order valence-corrected chi connectivity index (χ0v) is 13.1. The van der Waals surface area contributed by atoms with E-state index >= 15 is 0 Å². The molecule has 114 valence electrons. The molecule has 0 amide bonds. The molecule has 1 unspecified atom stereocenters. The summed E-state index contributed by atoms with van der Waals surface area (Å²) in [5, 5.41) is 7.21. The van der Waals surface area contributed by atoms with Crippen molar-refractivity contribution < 1.29 is 4.52 Å². The Morgan fingerprint density at radius 2 is 2.30 bits per heavy atom. The van der Waals surface area contributed by atoms with Crippen LogP contribution < -0.4 is 5.32 Å². The lowest BCUT2D eigenvalue weighted by molar-refractivity contribution is 0.135. The molecule has 1 aromatic rings. The van der Waals surface area contributed by atoms with Crippen LogP contribution in [0.15, 0.2) is 4.52 Å². The molecule has 1 saturated heterocycles. The Bertz CT molecular complexity index is 391. The molecule has 2 heterocycles. The molecule has 1 aliphatic heterocycles. The average Bonchev–Trinajstić information content (AvgIpc) is 2.87. The van der Waals surface area contributed by atoms with E-state index in [0.29, 0.717) is 12.0 Å². The van der Waals surface area contributed by atoms with E-state index in [4.69, 9.17) is 4.52 Å². The molecule has 2 rings (SSSR count). The Kier molecular flexibility index (Phi) is 5.98. The molecule has 0 aromatic carbocycles. The highest BCUT2D eigenvalue weighted by molar-refractivity contribution is 4.90. The average molecular weight is 280 g/mol. The topological polar surface area (TPSA) is 54.2 Å². The maximum absolute atomic E-state index is 5.39. The van der Waals surface area contributed by atoms with Crippen molar-refractivity contribution in [3.05, 3.63) is 11.7 Å². The number of rotatable bonds is 7. The Balaban J connectivity index is 1.80. The minimum atomic E-state index is 0.637. The third-order valence-corrected chi connectivity index (χ3v) is 4.08. The molecule has 1 aliphatic rings. The highest BCUT2D eigenvalue weighted by Crippen LogP contribution is 2.21. The van der Waals surface area contributed by atoms with E-state index in [1.54, 1.807) is 0 Å². The smallest absolute Gasteiger partial charge is 0.226 e. The van der Waals surface area contributed by atoms with E-state index in [1.165, 1.54) is 19.4 Å². The lowest BCUT2D eigenvalue weighted by atomic mass is 9.94. The normalized spacial score (nSPS) is 20.7. The molecule has 0 spiro atoms. The second kappa shape index (κ2) is 7.74. The quantitative estimate of drug-likeness (QED) is 0.773. The third-order valence-electron chi connectivity index (χ3n) is 4.08. The van der Waals surface area contributed by atoms with E-state index in [9.17, 15) is 0 Å². The van der Waals surface area contributed by atoms with Crippen molar-refractivity contribution in [3.63, 3.8) is 0 Å². The van der Waals surface area contributed by atoms with Crippen LogP contribution in [0.25, 0.3) is 0 Å². The van der Waals surface area contributed by atoms with Gasteiger partial charge in [-0.1, -0.05) is 5.16 Å². The fourth-order valence-electron chi connectivity index (χ4n) is 2.88. The van der Waals surface area contributed by atoms with Crippen LogP contribution in [0.2, 0.25) is 0 Å². The van der Waals surface area contributed by atoms with Crippen molar-refractivity contribution in [2.24, 2.45) is 5.92 Å². The fourth-order valence-corrected chi connectivity index (χ4v) is 2.88. The van der Waals surface area contributed by atoms with Crippen molar-refractivity contribution in [3.8, 4) is 0 Å². The van der Waals surface area contributed by atoms with Gasteiger partial charge in [0.15, 0.2) is 5.82 Å². The molecule has 20 heavy (non-hydrogen) atoms. The minimum absolute atomic E-state index is 0.637. The van der Waals surface area contributed by atoms with Gasteiger partial charge < -0.3 is 14.7 Å². The summed E-state index contributed by atoms with van der Waals surface area (Å²) >= 11 is 0. The van der Waals surface area contributed by atoms with Gasteiger partial charge >= 0.3 is 0 Å². The predicted octanol–water partition coefficient (Wildman–Crippen LogP) is 1.88. The number of aryl methyl sites for hydroxylation is 1. The van der Waals surface area contributed by atoms with Crippen LogP contribution in [-0.4, -0.2) is 47.8 Å². The highest BCUT2D eigenvalue weighted by atomic mass is 16.5. The Morgan fingerprint density at radius 1 is 1.45 bits per heavy atom. The summed E-state index contributed by atoms with van der Waals surface area (Å²) in [7, 11) is 1.96. The summed E-state index contributed by atoms with van der Waals surface area (Å²) in [6.07, 6.45) is 5.45. The maximum atomic E-state index is 5.39. The van der Waals surface area contributed by atoms with Gasteiger partial charge in [-0.15, -0.1) is 0 Å². The van der Waals surface area contributed by atoms with Gasteiger partial charge in [0.05, 0.1) is 0 Å². The molecule has 0 radical (unpaired) electrons. The SMILES string of the molecule is CNCCCc1noc(CC2CCCN(C(C)C)C2)n1. The van der Waals surface area contributed by atoms with E-state index < -0.39 is 0 Å². The second-order valence-electron chi connectivity index (χ2n) is 6.11. The number of likely N-dealkylation sites (tertiary alicyclic amines) is 1. The van der Waals surface area contributed by atoms with Gasteiger partial charge in [-0.3, -0.25) is 0 Å². The maximum Gasteiger partial charge on any atom is 0.226 e. The van der Waals surface area contributed by atoms with Crippen molar-refractivity contribution in [2.45, 2.75) is 52.0 Å². The van der Waals surface area contributed by atoms with Crippen LogP contribution in [0, 0.1) is 5.92 Å². The van der Waals surface area contributed by atoms with Crippen LogP contribution in [0.5, 0.6) is 0 Å². The molecule has 0 aliphatic carbocycles. The molecule has 1 N–H and O–H groups in total. The van der Waals surface area contributed by atoms with Crippen LogP contribution in [0.1, 0.15) is 44.8 Å². The van der Waals surface area contributed by atoms with Crippen molar-refractivity contribution in [2.75, 3.05) is 26.7 Å². The zero-order chi connectivity index (χ0) is 14.4. The van der Waals surface area contributed by atoms with Crippen LogP contribution in [0.4, 0.5) is 0 Å². The molecule has 0 bridgehead atoms. The van der Waals surface area contributed by atoms with Gasteiger partial charge in [0.2, 0.25) is 5.89 Å². The van der Waals surface area contributed by atoms with Crippen LogP contribution in [-0.2, 0) is 12.8 Å². The highest BCUT2D eigenvalue weighted by Gasteiger charge is 2.23. The largest absolute Gasteiger partial charge is 0.339 e. The van der Waals surface area contributed by atoms with Gasteiger partial charge in [-0.05, 0) is 59.2 Å². The van der Waals surface area contributed by atoms with E-state index in [1.807, 2.05) is 7.05 Å². The number of nitrogens with zero attached hydrogens (tertiary/aromatic N) is 3. The molecule has 1 fully saturated rings. The van der Waals surface area contributed by atoms with E-state index in [-0.39, 0.29) is 0 Å². The third kappa shape index (κ3) is 4.56. The Morgan fingerprint density at radius 3 is 3.05 bits per heavy atom. The number of hydrogen-bond donors (Lipinski definition) is 1. The van der Waals surface area contributed by atoms with Crippen LogP contribution >= 0.6 is 0 Å². The zero-order valence-electron chi connectivity index (χ0n) is 13.1. The first-order valence-electron chi connectivity index (χ1n) is 7.89. The first-order valence-corrected chi connectivity index (χ1v) is 7.89. The number of piperidine rings is 1. The summed E-state index contributed by atoms with van der Waals surface area (Å²) in [6, 6.07) is 0.637. The summed E-state index contributed by atoms with van der Waals surface area (Å²) in [5.74, 6) is 2.34. The summed E-state index contributed by atoms with van der Waals surface area (Å²) in [6.45, 7) is 7.93. The fraction of sp³-hybridized carbons (Fsp3) is 0.867. The predicted molar refractivity (Wildman–Crippen MR) is 79.7 cm³/mol. The van der Waals surface area contributed by atoms with Crippen molar-refractivity contribution in [1.82, 2.24) is 20.4 Å². The first kappa shape index (κ1) is 15.4. The Labute approximate surface area is 122 Å². The molecular formula is C15H28N4O. The molecular weight excluding hydrogens is 252 g/mol. The summed E-state index contributed by atoms with van der Waals surface area (Å²) < 4.78 is 5.39. The van der Waals surface area contributed by atoms with Gasteiger partial charge in [-0.2, -0.15) is 4.98 Å². The monoisotopic (exact) mass is 280 g/mol.